The standard InChI is InChI=1S/C17H15NO4/c1-21-11-5-3-4-10(8-11)13-9-14(19)16-12(18-13)6-7-15(22-2)17(16)20/h3-9,20H,1-2H3,(H,18,19). The third-order valence-corrected chi connectivity index (χ3v) is 3.53. The summed E-state index contributed by atoms with van der Waals surface area (Å²) in [6.07, 6.45) is 0. The van der Waals surface area contributed by atoms with E-state index in [-0.39, 0.29) is 22.3 Å². The van der Waals surface area contributed by atoms with E-state index < -0.39 is 0 Å². The molecule has 0 fully saturated rings. The Labute approximate surface area is 126 Å². The minimum absolute atomic E-state index is 0.154. The van der Waals surface area contributed by atoms with Crippen LogP contribution in [0.3, 0.4) is 0 Å². The Morgan fingerprint density at radius 1 is 1.05 bits per heavy atom. The number of methoxy groups -OCH3 is 2. The van der Waals surface area contributed by atoms with Gasteiger partial charge in [0.25, 0.3) is 0 Å². The Kier molecular flexibility index (Phi) is 3.47. The highest BCUT2D eigenvalue weighted by Crippen LogP contribution is 2.32. The second kappa shape index (κ2) is 5.44. The number of hydrogen-bond donors (Lipinski definition) is 2. The lowest BCUT2D eigenvalue weighted by Crippen LogP contribution is -2.04. The number of aromatic nitrogens is 1. The fraction of sp³-hybridized carbons (Fsp3) is 0.118. The molecule has 0 spiro atoms. The maximum Gasteiger partial charge on any atom is 0.193 e. The van der Waals surface area contributed by atoms with E-state index >= 15 is 0 Å². The van der Waals surface area contributed by atoms with Crippen LogP contribution in [0.2, 0.25) is 0 Å². The van der Waals surface area contributed by atoms with Crippen molar-refractivity contribution in [1.29, 1.82) is 0 Å². The Hall–Kier alpha value is -2.95. The second-order valence-electron chi connectivity index (χ2n) is 4.82. The van der Waals surface area contributed by atoms with Crippen LogP contribution in [0, 0.1) is 0 Å². The van der Waals surface area contributed by atoms with Gasteiger partial charge in [-0.05, 0) is 24.3 Å². The number of phenols is 1. The van der Waals surface area contributed by atoms with Gasteiger partial charge in [0.15, 0.2) is 16.9 Å². The van der Waals surface area contributed by atoms with Crippen molar-refractivity contribution in [3.8, 4) is 28.5 Å². The first-order valence-corrected chi connectivity index (χ1v) is 6.71. The maximum absolute atomic E-state index is 12.3. The molecule has 0 unspecified atom stereocenters. The highest BCUT2D eigenvalue weighted by atomic mass is 16.5. The van der Waals surface area contributed by atoms with Crippen molar-refractivity contribution >= 4 is 10.9 Å². The molecule has 112 valence electrons. The number of aromatic hydroxyl groups is 1. The van der Waals surface area contributed by atoms with Crippen molar-refractivity contribution in [3.63, 3.8) is 0 Å². The number of rotatable bonds is 3. The first kappa shape index (κ1) is 14.0. The van der Waals surface area contributed by atoms with Crippen LogP contribution in [-0.2, 0) is 0 Å². The smallest absolute Gasteiger partial charge is 0.193 e. The zero-order valence-corrected chi connectivity index (χ0v) is 12.2. The molecular formula is C17H15NO4. The van der Waals surface area contributed by atoms with Gasteiger partial charge in [-0.15, -0.1) is 0 Å². The lowest BCUT2D eigenvalue weighted by atomic mass is 10.1. The monoisotopic (exact) mass is 297 g/mol. The van der Waals surface area contributed by atoms with Crippen molar-refractivity contribution in [3.05, 3.63) is 52.7 Å². The van der Waals surface area contributed by atoms with Gasteiger partial charge < -0.3 is 19.6 Å². The molecule has 5 heteroatoms. The molecule has 0 amide bonds. The van der Waals surface area contributed by atoms with E-state index in [1.54, 1.807) is 19.2 Å². The molecule has 0 atom stereocenters. The Morgan fingerprint density at radius 2 is 1.86 bits per heavy atom. The summed E-state index contributed by atoms with van der Waals surface area (Å²) in [7, 11) is 3.03. The largest absolute Gasteiger partial charge is 0.504 e. The number of pyridine rings is 1. The molecular weight excluding hydrogens is 282 g/mol. The lowest BCUT2D eigenvalue weighted by molar-refractivity contribution is 0.376. The summed E-state index contributed by atoms with van der Waals surface area (Å²) in [5.41, 5.74) is 1.75. The van der Waals surface area contributed by atoms with Gasteiger partial charge in [0.05, 0.1) is 25.1 Å². The van der Waals surface area contributed by atoms with Crippen LogP contribution in [0.1, 0.15) is 0 Å². The van der Waals surface area contributed by atoms with Crippen molar-refractivity contribution in [2.75, 3.05) is 14.2 Å². The zero-order chi connectivity index (χ0) is 15.7. The fourth-order valence-electron chi connectivity index (χ4n) is 2.42. The molecule has 0 aliphatic heterocycles. The predicted molar refractivity (Wildman–Crippen MR) is 84.8 cm³/mol. The average Bonchev–Trinajstić information content (AvgIpc) is 2.54. The van der Waals surface area contributed by atoms with E-state index in [9.17, 15) is 9.90 Å². The number of hydrogen-bond acceptors (Lipinski definition) is 4. The lowest BCUT2D eigenvalue weighted by Gasteiger charge is -2.09. The summed E-state index contributed by atoms with van der Waals surface area (Å²) in [6, 6.07) is 12.2. The number of phenolic OH excluding ortho intramolecular Hbond substituents is 1. The maximum atomic E-state index is 12.3. The molecule has 0 bridgehead atoms. The quantitative estimate of drug-likeness (QED) is 0.779. The molecule has 3 aromatic rings. The van der Waals surface area contributed by atoms with Crippen LogP contribution >= 0.6 is 0 Å². The van der Waals surface area contributed by atoms with Crippen LogP contribution in [0.15, 0.2) is 47.3 Å². The molecule has 1 aromatic heterocycles. The predicted octanol–water partition coefficient (Wildman–Crippen LogP) is 2.92. The van der Waals surface area contributed by atoms with E-state index in [1.165, 1.54) is 13.2 Å². The number of ether oxygens (including phenoxy) is 2. The van der Waals surface area contributed by atoms with Crippen LogP contribution in [0.5, 0.6) is 17.2 Å². The number of fused-ring (bicyclic) bond motifs is 1. The van der Waals surface area contributed by atoms with Gasteiger partial charge >= 0.3 is 0 Å². The Bertz CT molecular complexity index is 899. The van der Waals surface area contributed by atoms with Crippen LogP contribution in [0.4, 0.5) is 0 Å². The van der Waals surface area contributed by atoms with Crippen molar-refractivity contribution in [1.82, 2.24) is 4.98 Å². The third kappa shape index (κ3) is 2.26. The molecule has 0 saturated carbocycles. The molecule has 1 heterocycles. The zero-order valence-electron chi connectivity index (χ0n) is 12.2. The molecule has 0 aliphatic carbocycles. The first-order chi connectivity index (χ1) is 10.6. The topological polar surface area (TPSA) is 71.6 Å². The van der Waals surface area contributed by atoms with Gasteiger partial charge in [-0.1, -0.05) is 12.1 Å². The van der Waals surface area contributed by atoms with Crippen molar-refractivity contribution in [2.24, 2.45) is 0 Å². The molecule has 0 aliphatic rings. The van der Waals surface area contributed by atoms with E-state index in [1.807, 2.05) is 24.3 Å². The summed E-state index contributed by atoms with van der Waals surface area (Å²) in [5.74, 6) is 0.821. The molecule has 0 radical (unpaired) electrons. The highest BCUT2D eigenvalue weighted by Gasteiger charge is 2.12. The van der Waals surface area contributed by atoms with Gasteiger partial charge in [0.1, 0.15) is 5.75 Å². The Morgan fingerprint density at radius 3 is 2.59 bits per heavy atom. The fourth-order valence-corrected chi connectivity index (χ4v) is 2.42. The summed E-state index contributed by atoms with van der Waals surface area (Å²) < 4.78 is 10.2. The van der Waals surface area contributed by atoms with Gasteiger partial charge in [-0.25, -0.2) is 0 Å². The summed E-state index contributed by atoms with van der Waals surface area (Å²) >= 11 is 0. The molecule has 22 heavy (non-hydrogen) atoms. The Balaban J connectivity index is 2.23. The first-order valence-electron chi connectivity index (χ1n) is 6.71. The van der Waals surface area contributed by atoms with Gasteiger partial charge in [-0.2, -0.15) is 0 Å². The second-order valence-corrected chi connectivity index (χ2v) is 4.82. The third-order valence-electron chi connectivity index (χ3n) is 3.53. The minimum atomic E-state index is -0.275. The highest BCUT2D eigenvalue weighted by molar-refractivity contribution is 5.89. The van der Waals surface area contributed by atoms with Crippen LogP contribution in [0.25, 0.3) is 22.2 Å². The summed E-state index contributed by atoms with van der Waals surface area (Å²) in [5, 5.41) is 10.3. The number of benzene rings is 2. The van der Waals surface area contributed by atoms with E-state index in [0.717, 1.165) is 5.56 Å². The number of H-pyrrole nitrogens is 1. The SMILES string of the molecule is COc1cccc(-c2cc(=O)c3c(O)c(OC)ccc3[nH]2)c1. The molecule has 2 N–H and O–H groups in total. The van der Waals surface area contributed by atoms with Gasteiger partial charge in [0, 0.05) is 17.3 Å². The van der Waals surface area contributed by atoms with Crippen LogP contribution in [-0.4, -0.2) is 24.3 Å². The van der Waals surface area contributed by atoms with E-state index in [2.05, 4.69) is 4.98 Å². The minimum Gasteiger partial charge on any atom is -0.504 e. The normalized spacial score (nSPS) is 10.6. The van der Waals surface area contributed by atoms with Crippen LogP contribution < -0.4 is 14.9 Å². The summed E-state index contributed by atoms with van der Waals surface area (Å²) in [6.45, 7) is 0. The summed E-state index contributed by atoms with van der Waals surface area (Å²) in [4.78, 5) is 15.5. The molecule has 3 rings (SSSR count). The van der Waals surface area contributed by atoms with Gasteiger partial charge in [-0.3, -0.25) is 4.79 Å². The van der Waals surface area contributed by atoms with Crippen molar-refractivity contribution < 1.29 is 14.6 Å². The number of nitrogens with one attached hydrogen (secondary N) is 1. The average molecular weight is 297 g/mol. The molecule has 0 saturated heterocycles. The van der Waals surface area contributed by atoms with E-state index in [4.69, 9.17) is 9.47 Å². The van der Waals surface area contributed by atoms with E-state index in [0.29, 0.717) is 17.0 Å². The number of aromatic amines is 1. The molecule has 5 nitrogen and oxygen atoms in total. The van der Waals surface area contributed by atoms with Gasteiger partial charge in [0.2, 0.25) is 0 Å². The molecule has 2 aromatic carbocycles. The van der Waals surface area contributed by atoms with Crippen molar-refractivity contribution in [2.45, 2.75) is 0 Å².